The second kappa shape index (κ2) is 7.38. The van der Waals surface area contributed by atoms with Crippen molar-refractivity contribution in [3.05, 3.63) is 34.3 Å². The molecule has 0 radical (unpaired) electrons. The van der Waals surface area contributed by atoms with Gasteiger partial charge in [0.25, 0.3) is 0 Å². The van der Waals surface area contributed by atoms with E-state index in [0.29, 0.717) is 23.0 Å². The van der Waals surface area contributed by atoms with E-state index in [1.807, 2.05) is 6.07 Å². The Balaban J connectivity index is 2.60. The van der Waals surface area contributed by atoms with Crippen molar-refractivity contribution in [2.45, 2.75) is 32.9 Å². The van der Waals surface area contributed by atoms with Crippen LogP contribution in [-0.4, -0.2) is 17.8 Å². The Hall–Kier alpha value is -1.08. The van der Waals surface area contributed by atoms with Gasteiger partial charge in [-0.15, -0.1) is 0 Å². The number of hydrogen-bond donors (Lipinski definition) is 2. The van der Waals surface area contributed by atoms with Crippen LogP contribution in [0.3, 0.4) is 0 Å². The van der Waals surface area contributed by atoms with E-state index in [4.69, 9.17) is 16.9 Å². The first-order valence-electron chi connectivity index (χ1n) is 6.09. The second-order valence-corrected chi connectivity index (χ2v) is 5.22. The van der Waals surface area contributed by atoms with Gasteiger partial charge in [-0.1, -0.05) is 31.5 Å². The molecule has 3 nitrogen and oxygen atoms in total. The van der Waals surface area contributed by atoms with E-state index >= 15 is 0 Å². The Morgan fingerprint density at radius 2 is 2.17 bits per heavy atom. The zero-order chi connectivity index (χ0) is 13.5. The predicted octanol–water partition coefficient (Wildman–Crippen LogP) is 2.71. The topological polar surface area (TPSA) is 56.0 Å². The summed E-state index contributed by atoms with van der Waals surface area (Å²) in [6.45, 7) is 4.96. The molecule has 0 aliphatic rings. The highest BCUT2D eigenvalue weighted by Crippen LogP contribution is 2.18. The molecule has 1 unspecified atom stereocenters. The van der Waals surface area contributed by atoms with Crippen molar-refractivity contribution in [1.82, 2.24) is 5.32 Å². The molecule has 0 aliphatic carbocycles. The van der Waals surface area contributed by atoms with Crippen molar-refractivity contribution in [2.75, 3.05) is 6.61 Å². The fraction of sp³-hybridized carbons (Fsp3) is 0.500. The summed E-state index contributed by atoms with van der Waals surface area (Å²) in [5.74, 6) is 0.533. The number of nitriles is 1. The fourth-order valence-electron chi connectivity index (χ4n) is 1.81. The maximum Gasteiger partial charge on any atom is 0.0992 e. The van der Waals surface area contributed by atoms with Crippen molar-refractivity contribution < 1.29 is 5.11 Å². The van der Waals surface area contributed by atoms with E-state index in [1.54, 1.807) is 12.1 Å². The molecule has 18 heavy (non-hydrogen) atoms. The SMILES string of the molecule is CC(C)CC(CO)NCc1ccc(C#N)cc1Cl. The van der Waals surface area contributed by atoms with Crippen LogP contribution < -0.4 is 5.32 Å². The molecule has 1 rings (SSSR count). The lowest BCUT2D eigenvalue weighted by Crippen LogP contribution is -2.33. The van der Waals surface area contributed by atoms with Gasteiger partial charge in [0.1, 0.15) is 0 Å². The van der Waals surface area contributed by atoms with Crippen LogP contribution in [0.2, 0.25) is 5.02 Å². The number of benzene rings is 1. The molecule has 0 aliphatic heterocycles. The highest BCUT2D eigenvalue weighted by atomic mass is 35.5. The number of nitrogens with zero attached hydrogens (tertiary/aromatic N) is 1. The summed E-state index contributed by atoms with van der Waals surface area (Å²) in [7, 11) is 0. The van der Waals surface area contributed by atoms with Gasteiger partial charge in [0.2, 0.25) is 0 Å². The first-order valence-corrected chi connectivity index (χ1v) is 6.47. The molecular formula is C14H19ClN2O. The number of rotatable bonds is 6. The minimum atomic E-state index is 0.0803. The molecule has 1 aromatic carbocycles. The lowest BCUT2D eigenvalue weighted by Gasteiger charge is -2.18. The second-order valence-electron chi connectivity index (χ2n) is 4.81. The summed E-state index contributed by atoms with van der Waals surface area (Å²) in [5.41, 5.74) is 1.50. The standard InChI is InChI=1S/C14H19ClN2O/c1-10(2)5-13(9-18)17-8-12-4-3-11(7-16)6-14(12)15/h3-4,6,10,13,17-18H,5,8-9H2,1-2H3. The van der Waals surface area contributed by atoms with Crippen LogP contribution in [0.5, 0.6) is 0 Å². The molecule has 0 amide bonds. The van der Waals surface area contributed by atoms with Gasteiger partial charge in [-0.25, -0.2) is 0 Å². The molecular weight excluding hydrogens is 248 g/mol. The van der Waals surface area contributed by atoms with Crippen molar-refractivity contribution in [3.63, 3.8) is 0 Å². The van der Waals surface area contributed by atoms with Crippen molar-refractivity contribution in [2.24, 2.45) is 5.92 Å². The van der Waals surface area contributed by atoms with Gasteiger partial charge in [0, 0.05) is 17.6 Å². The molecule has 0 saturated heterocycles. The monoisotopic (exact) mass is 266 g/mol. The zero-order valence-electron chi connectivity index (χ0n) is 10.8. The van der Waals surface area contributed by atoms with E-state index in [2.05, 4.69) is 25.2 Å². The highest BCUT2D eigenvalue weighted by molar-refractivity contribution is 6.31. The van der Waals surface area contributed by atoms with Crippen molar-refractivity contribution in [3.8, 4) is 6.07 Å². The third-order valence-corrected chi connectivity index (χ3v) is 3.09. The molecule has 0 spiro atoms. The summed E-state index contributed by atoms with van der Waals surface area (Å²) in [5, 5.41) is 21.9. The van der Waals surface area contributed by atoms with Gasteiger partial charge in [0.05, 0.1) is 18.2 Å². The Morgan fingerprint density at radius 1 is 1.44 bits per heavy atom. The molecule has 0 aromatic heterocycles. The molecule has 0 fully saturated rings. The third-order valence-electron chi connectivity index (χ3n) is 2.74. The minimum Gasteiger partial charge on any atom is -0.395 e. The molecule has 1 atom stereocenters. The lowest BCUT2D eigenvalue weighted by atomic mass is 10.0. The summed E-state index contributed by atoms with van der Waals surface area (Å²) in [6, 6.07) is 7.39. The first-order chi connectivity index (χ1) is 8.56. The summed E-state index contributed by atoms with van der Waals surface area (Å²) < 4.78 is 0. The average molecular weight is 267 g/mol. The van der Waals surface area contributed by atoms with E-state index in [9.17, 15) is 5.11 Å². The summed E-state index contributed by atoms with van der Waals surface area (Å²) in [6.07, 6.45) is 0.921. The van der Waals surface area contributed by atoms with Gasteiger partial charge in [-0.3, -0.25) is 0 Å². The van der Waals surface area contributed by atoms with Crippen LogP contribution in [0.15, 0.2) is 18.2 Å². The van der Waals surface area contributed by atoms with E-state index in [0.717, 1.165) is 12.0 Å². The normalized spacial score (nSPS) is 12.4. The van der Waals surface area contributed by atoms with Crippen LogP contribution in [0.4, 0.5) is 0 Å². The molecule has 98 valence electrons. The number of aliphatic hydroxyl groups excluding tert-OH is 1. The molecule has 0 saturated carbocycles. The number of aliphatic hydroxyl groups is 1. The number of nitrogens with one attached hydrogen (secondary N) is 1. The number of halogens is 1. The average Bonchev–Trinajstić information content (AvgIpc) is 2.35. The van der Waals surface area contributed by atoms with Gasteiger partial charge < -0.3 is 10.4 Å². The van der Waals surface area contributed by atoms with Gasteiger partial charge in [-0.2, -0.15) is 5.26 Å². The zero-order valence-corrected chi connectivity index (χ0v) is 11.5. The highest BCUT2D eigenvalue weighted by Gasteiger charge is 2.10. The molecule has 1 aromatic rings. The van der Waals surface area contributed by atoms with Gasteiger partial charge in [0.15, 0.2) is 0 Å². The number of hydrogen-bond acceptors (Lipinski definition) is 3. The first kappa shape index (κ1) is 15.0. The minimum absolute atomic E-state index is 0.0803. The predicted molar refractivity (Wildman–Crippen MR) is 73.3 cm³/mol. The molecule has 2 N–H and O–H groups in total. The summed E-state index contributed by atoms with van der Waals surface area (Å²) in [4.78, 5) is 0. The van der Waals surface area contributed by atoms with E-state index in [1.165, 1.54) is 0 Å². The smallest absolute Gasteiger partial charge is 0.0992 e. The quantitative estimate of drug-likeness (QED) is 0.832. The Morgan fingerprint density at radius 3 is 2.67 bits per heavy atom. The van der Waals surface area contributed by atoms with E-state index < -0.39 is 0 Å². The van der Waals surface area contributed by atoms with Crippen LogP contribution in [0, 0.1) is 17.2 Å². The van der Waals surface area contributed by atoms with Crippen LogP contribution in [0.1, 0.15) is 31.4 Å². The Labute approximate surface area is 113 Å². The maximum absolute atomic E-state index is 9.27. The van der Waals surface area contributed by atoms with Crippen LogP contribution in [0.25, 0.3) is 0 Å². The maximum atomic E-state index is 9.27. The molecule has 4 heteroatoms. The van der Waals surface area contributed by atoms with Crippen LogP contribution in [-0.2, 0) is 6.54 Å². The van der Waals surface area contributed by atoms with Crippen molar-refractivity contribution in [1.29, 1.82) is 5.26 Å². The Kier molecular flexibility index (Phi) is 6.14. The van der Waals surface area contributed by atoms with Crippen LogP contribution >= 0.6 is 11.6 Å². The molecule has 0 bridgehead atoms. The van der Waals surface area contributed by atoms with Gasteiger partial charge >= 0.3 is 0 Å². The lowest BCUT2D eigenvalue weighted by molar-refractivity contribution is 0.223. The molecule has 0 heterocycles. The fourth-order valence-corrected chi connectivity index (χ4v) is 2.05. The largest absolute Gasteiger partial charge is 0.395 e. The Bertz CT molecular complexity index is 426. The van der Waals surface area contributed by atoms with Crippen molar-refractivity contribution >= 4 is 11.6 Å². The summed E-state index contributed by atoms with van der Waals surface area (Å²) >= 11 is 6.09. The van der Waals surface area contributed by atoms with E-state index in [-0.39, 0.29) is 12.6 Å². The van der Waals surface area contributed by atoms with Gasteiger partial charge in [-0.05, 0) is 30.0 Å². The third kappa shape index (κ3) is 4.66.